The maximum absolute atomic E-state index is 11.7. The molecule has 20 heavy (non-hydrogen) atoms. The van der Waals surface area contributed by atoms with E-state index in [4.69, 9.17) is 10.5 Å². The Bertz CT molecular complexity index is 472. The predicted molar refractivity (Wildman–Crippen MR) is 78.7 cm³/mol. The second-order valence-electron chi connectivity index (χ2n) is 4.72. The Hall–Kier alpha value is -1.88. The van der Waals surface area contributed by atoms with Gasteiger partial charge in [0.15, 0.2) is 0 Å². The van der Waals surface area contributed by atoms with Crippen LogP contribution in [0.15, 0.2) is 18.2 Å². The van der Waals surface area contributed by atoms with Gasteiger partial charge in [0.05, 0.1) is 11.3 Å². The first-order valence-electron chi connectivity index (χ1n) is 6.82. The van der Waals surface area contributed by atoms with Gasteiger partial charge < -0.3 is 15.8 Å². The molecule has 5 heteroatoms. The summed E-state index contributed by atoms with van der Waals surface area (Å²) in [5, 5.41) is 2.66. The van der Waals surface area contributed by atoms with Crippen LogP contribution in [0, 0.1) is 6.92 Å². The lowest BCUT2D eigenvalue weighted by molar-refractivity contribution is -0.120. The number of anilines is 1. The van der Waals surface area contributed by atoms with Crippen molar-refractivity contribution in [2.75, 3.05) is 18.5 Å². The van der Waals surface area contributed by atoms with E-state index in [2.05, 4.69) is 12.2 Å². The van der Waals surface area contributed by atoms with Gasteiger partial charge in [-0.1, -0.05) is 25.8 Å². The number of primary amides is 1. The van der Waals surface area contributed by atoms with Crippen LogP contribution in [0.4, 0.5) is 5.69 Å². The molecule has 0 aliphatic carbocycles. The monoisotopic (exact) mass is 278 g/mol. The third kappa shape index (κ3) is 5.40. The molecule has 0 aliphatic heterocycles. The molecule has 3 N–H and O–H groups in total. The Morgan fingerprint density at radius 2 is 2.05 bits per heavy atom. The van der Waals surface area contributed by atoms with Crippen molar-refractivity contribution in [2.45, 2.75) is 33.1 Å². The second kappa shape index (κ2) is 8.32. The van der Waals surface area contributed by atoms with E-state index in [0.29, 0.717) is 17.9 Å². The molecule has 0 atom stereocenters. The number of nitrogens with two attached hydrogens (primary N) is 1. The van der Waals surface area contributed by atoms with E-state index in [1.165, 1.54) is 0 Å². The number of amides is 2. The second-order valence-corrected chi connectivity index (χ2v) is 4.72. The van der Waals surface area contributed by atoms with Crippen molar-refractivity contribution in [1.82, 2.24) is 0 Å². The fourth-order valence-corrected chi connectivity index (χ4v) is 1.78. The van der Waals surface area contributed by atoms with Gasteiger partial charge >= 0.3 is 0 Å². The van der Waals surface area contributed by atoms with Gasteiger partial charge in [-0.25, -0.2) is 0 Å². The van der Waals surface area contributed by atoms with Gasteiger partial charge in [-0.05, 0) is 31.0 Å². The molecule has 0 bridgehead atoms. The topological polar surface area (TPSA) is 81.4 Å². The molecular formula is C15H22N2O3. The third-order valence-electron chi connectivity index (χ3n) is 2.84. The van der Waals surface area contributed by atoms with Crippen molar-refractivity contribution in [3.8, 4) is 0 Å². The zero-order valence-electron chi connectivity index (χ0n) is 12.1. The van der Waals surface area contributed by atoms with Crippen molar-refractivity contribution < 1.29 is 14.3 Å². The van der Waals surface area contributed by atoms with Crippen molar-refractivity contribution in [1.29, 1.82) is 0 Å². The SMILES string of the molecule is CCCCCOCC(=O)Nc1cc(C)ccc1C(N)=O. The number of rotatable bonds is 8. The van der Waals surface area contributed by atoms with Crippen LogP contribution in [0.5, 0.6) is 0 Å². The van der Waals surface area contributed by atoms with Gasteiger partial charge in [0, 0.05) is 6.61 Å². The number of carbonyl (C=O) groups excluding carboxylic acids is 2. The number of hydrogen-bond acceptors (Lipinski definition) is 3. The largest absolute Gasteiger partial charge is 0.372 e. The summed E-state index contributed by atoms with van der Waals surface area (Å²) in [4.78, 5) is 23.0. The molecule has 0 unspecified atom stereocenters. The Morgan fingerprint density at radius 1 is 1.30 bits per heavy atom. The first-order valence-corrected chi connectivity index (χ1v) is 6.82. The van der Waals surface area contributed by atoms with Crippen LogP contribution in [0.3, 0.4) is 0 Å². The molecule has 0 fully saturated rings. The molecule has 110 valence electrons. The summed E-state index contributed by atoms with van der Waals surface area (Å²) in [6.45, 7) is 4.53. The standard InChI is InChI=1S/C15H22N2O3/c1-3-4-5-8-20-10-14(18)17-13-9-11(2)6-7-12(13)15(16)19/h6-7,9H,3-5,8,10H2,1-2H3,(H2,16,19)(H,17,18). The Kier molecular flexibility index (Phi) is 6.73. The molecule has 0 heterocycles. The highest BCUT2D eigenvalue weighted by atomic mass is 16.5. The number of carbonyl (C=O) groups is 2. The van der Waals surface area contributed by atoms with E-state index in [1.807, 2.05) is 6.92 Å². The molecule has 0 saturated heterocycles. The van der Waals surface area contributed by atoms with Gasteiger partial charge in [-0.15, -0.1) is 0 Å². The smallest absolute Gasteiger partial charge is 0.250 e. The number of nitrogens with one attached hydrogen (secondary N) is 1. The highest BCUT2D eigenvalue weighted by molar-refractivity contribution is 6.03. The van der Waals surface area contributed by atoms with Crippen molar-refractivity contribution in [3.63, 3.8) is 0 Å². The first-order chi connectivity index (χ1) is 9.54. The van der Waals surface area contributed by atoms with E-state index in [1.54, 1.807) is 18.2 Å². The molecule has 0 radical (unpaired) electrons. The average molecular weight is 278 g/mol. The molecule has 1 aromatic carbocycles. The quantitative estimate of drug-likeness (QED) is 0.715. The minimum absolute atomic E-state index is 0.0180. The van der Waals surface area contributed by atoms with Gasteiger partial charge in [0.1, 0.15) is 6.61 Å². The summed E-state index contributed by atoms with van der Waals surface area (Å²) in [5.74, 6) is -0.848. The van der Waals surface area contributed by atoms with E-state index in [0.717, 1.165) is 24.8 Å². The summed E-state index contributed by atoms with van der Waals surface area (Å²) in [6, 6.07) is 5.10. The third-order valence-corrected chi connectivity index (χ3v) is 2.84. The molecule has 0 spiro atoms. The zero-order chi connectivity index (χ0) is 15.0. The Morgan fingerprint density at radius 3 is 2.70 bits per heavy atom. The molecule has 5 nitrogen and oxygen atoms in total. The van der Waals surface area contributed by atoms with Crippen LogP contribution in [-0.2, 0) is 9.53 Å². The molecule has 2 amide bonds. The molecule has 0 saturated carbocycles. The summed E-state index contributed by atoms with van der Waals surface area (Å²) in [5.41, 5.74) is 6.94. The van der Waals surface area contributed by atoms with Crippen LogP contribution in [0.2, 0.25) is 0 Å². The minimum Gasteiger partial charge on any atom is -0.372 e. The van der Waals surface area contributed by atoms with Crippen molar-refractivity contribution >= 4 is 17.5 Å². The van der Waals surface area contributed by atoms with Crippen molar-refractivity contribution in [2.24, 2.45) is 5.73 Å². The van der Waals surface area contributed by atoms with E-state index in [-0.39, 0.29) is 12.5 Å². The molecule has 0 aromatic heterocycles. The van der Waals surface area contributed by atoms with Crippen LogP contribution in [0.1, 0.15) is 42.1 Å². The first kappa shape index (κ1) is 16.2. The minimum atomic E-state index is -0.566. The normalized spacial score (nSPS) is 10.3. The van der Waals surface area contributed by atoms with Crippen LogP contribution >= 0.6 is 0 Å². The summed E-state index contributed by atoms with van der Waals surface area (Å²) >= 11 is 0. The number of benzene rings is 1. The zero-order valence-corrected chi connectivity index (χ0v) is 12.1. The number of aryl methyl sites for hydroxylation is 1. The number of ether oxygens (including phenoxy) is 1. The van der Waals surface area contributed by atoms with Crippen LogP contribution < -0.4 is 11.1 Å². The lowest BCUT2D eigenvalue weighted by Gasteiger charge is -2.10. The highest BCUT2D eigenvalue weighted by Gasteiger charge is 2.11. The Labute approximate surface area is 119 Å². The fourth-order valence-electron chi connectivity index (χ4n) is 1.78. The van der Waals surface area contributed by atoms with E-state index < -0.39 is 5.91 Å². The molecule has 0 aliphatic rings. The Balaban J connectivity index is 2.53. The number of unbranched alkanes of at least 4 members (excludes halogenated alkanes) is 2. The van der Waals surface area contributed by atoms with Gasteiger partial charge in [0.25, 0.3) is 5.91 Å². The maximum atomic E-state index is 11.7. The number of hydrogen-bond donors (Lipinski definition) is 2. The van der Waals surface area contributed by atoms with Crippen molar-refractivity contribution in [3.05, 3.63) is 29.3 Å². The summed E-state index contributed by atoms with van der Waals surface area (Å²) in [6.07, 6.45) is 3.15. The van der Waals surface area contributed by atoms with Crippen LogP contribution in [-0.4, -0.2) is 25.0 Å². The fraction of sp³-hybridized carbons (Fsp3) is 0.467. The molecule has 1 rings (SSSR count). The lowest BCUT2D eigenvalue weighted by atomic mass is 10.1. The molecule has 1 aromatic rings. The van der Waals surface area contributed by atoms with Gasteiger partial charge in [-0.2, -0.15) is 0 Å². The van der Waals surface area contributed by atoms with E-state index in [9.17, 15) is 9.59 Å². The maximum Gasteiger partial charge on any atom is 0.250 e. The summed E-state index contributed by atoms with van der Waals surface area (Å²) in [7, 11) is 0. The summed E-state index contributed by atoms with van der Waals surface area (Å²) < 4.78 is 5.27. The van der Waals surface area contributed by atoms with Gasteiger partial charge in [-0.3, -0.25) is 9.59 Å². The lowest BCUT2D eigenvalue weighted by Crippen LogP contribution is -2.22. The highest BCUT2D eigenvalue weighted by Crippen LogP contribution is 2.17. The van der Waals surface area contributed by atoms with Gasteiger partial charge in [0.2, 0.25) is 5.91 Å². The molecular weight excluding hydrogens is 256 g/mol. The van der Waals surface area contributed by atoms with Crippen LogP contribution in [0.25, 0.3) is 0 Å². The van der Waals surface area contributed by atoms with E-state index >= 15 is 0 Å². The predicted octanol–water partition coefficient (Wildman–Crippen LogP) is 2.24. The average Bonchev–Trinajstić information content (AvgIpc) is 2.38.